The van der Waals surface area contributed by atoms with E-state index in [1.807, 2.05) is 24.3 Å². The normalized spacial score (nSPS) is 17.1. The third-order valence-corrected chi connectivity index (χ3v) is 4.39. The van der Waals surface area contributed by atoms with Crippen LogP contribution in [0.5, 0.6) is 11.5 Å². The number of carbonyl (C=O) groups is 1. The van der Waals surface area contributed by atoms with E-state index < -0.39 is 6.10 Å². The predicted octanol–water partition coefficient (Wildman–Crippen LogP) is 1.83. The number of rotatable bonds is 7. The SMILES string of the molecule is COCCNC(=O)[C@H](C)Sc1nnc([C@@H]2COc3ccccc3O2)o1. The number of benzene rings is 1. The van der Waals surface area contributed by atoms with Crippen LogP contribution in [-0.4, -0.2) is 48.2 Å². The lowest BCUT2D eigenvalue weighted by Gasteiger charge is -2.23. The number of para-hydroxylation sites is 2. The minimum absolute atomic E-state index is 0.118. The van der Waals surface area contributed by atoms with Crippen LogP contribution < -0.4 is 14.8 Å². The third kappa shape index (κ3) is 4.43. The van der Waals surface area contributed by atoms with E-state index in [1.165, 1.54) is 11.8 Å². The van der Waals surface area contributed by atoms with Crippen molar-refractivity contribution in [2.45, 2.75) is 23.5 Å². The van der Waals surface area contributed by atoms with Crippen LogP contribution in [0.4, 0.5) is 0 Å². The van der Waals surface area contributed by atoms with Crippen molar-refractivity contribution < 1.29 is 23.4 Å². The largest absolute Gasteiger partial charge is 0.485 e. The summed E-state index contributed by atoms with van der Waals surface area (Å²) in [6, 6.07) is 7.40. The zero-order chi connectivity index (χ0) is 17.6. The summed E-state index contributed by atoms with van der Waals surface area (Å²) in [6.07, 6.45) is -0.470. The maximum absolute atomic E-state index is 11.9. The molecule has 0 spiro atoms. The molecule has 2 atom stereocenters. The smallest absolute Gasteiger partial charge is 0.277 e. The number of nitrogens with one attached hydrogen (secondary N) is 1. The predicted molar refractivity (Wildman–Crippen MR) is 89.8 cm³/mol. The molecule has 1 aromatic heterocycles. The molecule has 8 nitrogen and oxygen atoms in total. The number of thioether (sulfide) groups is 1. The Morgan fingerprint density at radius 3 is 3.00 bits per heavy atom. The van der Waals surface area contributed by atoms with Gasteiger partial charge in [-0.2, -0.15) is 0 Å². The first-order valence-electron chi connectivity index (χ1n) is 7.82. The molecule has 0 aliphatic carbocycles. The van der Waals surface area contributed by atoms with Crippen molar-refractivity contribution in [1.82, 2.24) is 15.5 Å². The third-order valence-electron chi connectivity index (χ3n) is 3.46. The van der Waals surface area contributed by atoms with E-state index in [0.29, 0.717) is 35.8 Å². The maximum Gasteiger partial charge on any atom is 0.277 e. The molecule has 1 aliphatic heterocycles. The molecule has 0 fully saturated rings. The summed E-state index contributed by atoms with van der Waals surface area (Å²) in [6.45, 7) is 2.99. The summed E-state index contributed by atoms with van der Waals surface area (Å²) in [5.41, 5.74) is 0. The van der Waals surface area contributed by atoms with Crippen LogP contribution in [0.25, 0.3) is 0 Å². The van der Waals surface area contributed by atoms with Gasteiger partial charge in [0.05, 0.1) is 11.9 Å². The van der Waals surface area contributed by atoms with Gasteiger partial charge in [-0.1, -0.05) is 23.9 Å². The molecule has 2 heterocycles. The van der Waals surface area contributed by atoms with Gasteiger partial charge in [0.15, 0.2) is 11.5 Å². The highest BCUT2D eigenvalue weighted by Crippen LogP contribution is 2.36. The summed E-state index contributed by atoms with van der Waals surface area (Å²) >= 11 is 1.19. The number of amides is 1. The van der Waals surface area contributed by atoms with Crippen LogP contribution in [0.3, 0.4) is 0 Å². The van der Waals surface area contributed by atoms with Crippen molar-refractivity contribution in [2.75, 3.05) is 26.9 Å². The van der Waals surface area contributed by atoms with Crippen LogP contribution >= 0.6 is 11.8 Å². The van der Waals surface area contributed by atoms with E-state index in [4.69, 9.17) is 18.6 Å². The number of carbonyl (C=O) groups excluding carboxylic acids is 1. The van der Waals surface area contributed by atoms with Gasteiger partial charge in [-0.3, -0.25) is 4.79 Å². The lowest BCUT2D eigenvalue weighted by Crippen LogP contribution is -2.33. The summed E-state index contributed by atoms with van der Waals surface area (Å²) in [5.74, 6) is 1.53. The van der Waals surface area contributed by atoms with Crippen molar-refractivity contribution in [2.24, 2.45) is 0 Å². The Kier molecular flexibility index (Phi) is 5.77. The van der Waals surface area contributed by atoms with Gasteiger partial charge in [0.25, 0.3) is 11.1 Å². The molecule has 1 amide bonds. The van der Waals surface area contributed by atoms with Crippen molar-refractivity contribution in [3.8, 4) is 11.5 Å². The molecule has 3 rings (SSSR count). The Morgan fingerprint density at radius 2 is 2.20 bits per heavy atom. The van der Waals surface area contributed by atoms with Crippen LogP contribution in [0, 0.1) is 0 Å². The maximum atomic E-state index is 11.9. The fourth-order valence-electron chi connectivity index (χ4n) is 2.16. The highest BCUT2D eigenvalue weighted by atomic mass is 32.2. The van der Waals surface area contributed by atoms with Gasteiger partial charge in [-0.05, 0) is 19.1 Å². The van der Waals surface area contributed by atoms with Crippen molar-refractivity contribution in [3.63, 3.8) is 0 Å². The summed E-state index contributed by atoms with van der Waals surface area (Å²) in [7, 11) is 1.58. The van der Waals surface area contributed by atoms with Crippen LogP contribution in [0.2, 0.25) is 0 Å². The van der Waals surface area contributed by atoms with Gasteiger partial charge < -0.3 is 23.9 Å². The first-order valence-corrected chi connectivity index (χ1v) is 8.70. The highest BCUT2D eigenvalue weighted by molar-refractivity contribution is 8.00. The summed E-state index contributed by atoms with van der Waals surface area (Å²) in [4.78, 5) is 11.9. The summed E-state index contributed by atoms with van der Waals surface area (Å²) < 4.78 is 22.0. The van der Waals surface area contributed by atoms with E-state index in [0.717, 1.165) is 0 Å². The Balaban J connectivity index is 1.57. The molecular formula is C16H19N3O5S. The van der Waals surface area contributed by atoms with Crippen LogP contribution in [0.1, 0.15) is 18.9 Å². The molecule has 0 saturated heterocycles. The lowest BCUT2D eigenvalue weighted by atomic mass is 10.2. The van der Waals surface area contributed by atoms with Gasteiger partial charge in [0.1, 0.15) is 6.61 Å². The molecule has 0 saturated carbocycles. The topological polar surface area (TPSA) is 95.7 Å². The van der Waals surface area contributed by atoms with E-state index in [9.17, 15) is 4.79 Å². The average molecular weight is 365 g/mol. The van der Waals surface area contributed by atoms with Crippen molar-refractivity contribution in [3.05, 3.63) is 30.2 Å². The number of ether oxygens (including phenoxy) is 3. The van der Waals surface area contributed by atoms with E-state index in [2.05, 4.69) is 15.5 Å². The minimum Gasteiger partial charge on any atom is -0.485 e. The molecule has 1 aliphatic rings. The van der Waals surface area contributed by atoms with Gasteiger partial charge >= 0.3 is 0 Å². The Hall–Kier alpha value is -2.26. The molecule has 25 heavy (non-hydrogen) atoms. The Morgan fingerprint density at radius 1 is 1.40 bits per heavy atom. The van der Waals surface area contributed by atoms with Crippen LogP contribution in [-0.2, 0) is 9.53 Å². The second kappa shape index (κ2) is 8.21. The second-order valence-corrected chi connectivity index (χ2v) is 6.61. The molecule has 1 N–H and O–H groups in total. The molecule has 134 valence electrons. The van der Waals surface area contributed by atoms with Crippen molar-refractivity contribution in [1.29, 1.82) is 0 Å². The monoisotopic (exact) mass is 365 g/mol. The number of aromatic nitrogens is 2. The van der Waals surface area contributed by atoms with E-state index >= 15 is 0 Å². The molecule has 9 heteroatoms. The second-order valence-electron chi connectivity index (χ2n) is 5.31. The molecule has 1 aromatic carbocycles. The minimum atomic E-state index is -0.470. The number of fused-ring (bicyclic) bond motifs is 1. The number of hydrogen-bond donors (Lipinski definition) is 1. The highest BCUT2D eigenvalue weighted by Gasteiger charge is 2.28. The number of nitrogens with zero attached hydrogens (tertiary/aromatic N) is 2. The molecule has 2 aromatic rings. The fraction of sp³-hybridized carbons (Fsp3) is 0.438. The zero-order valence-corrected chi connectivity index (χ0v) is 14.7. The van der Waals surface area contributed by atoms with E-state index in [1.54, 1.807) is 14.0 Å². The molecular weight excluding hydrogens is 346 g/mol. The Bertz CT molecular complexity index is 723. The first-order chi connectivity index (χ1) is 12.2. The van der Waals surface area contributed by atoms with Gasteiger partial charge in [0, 0.05) is 13.7 Å². The lowest BCUT2D eigenvalue weighted by molar-refractivity contribution is -0.120. The quantitative estimate of drug-likeness (QED) is 0.586. The van der Waals surface area contributed by atoms with Crippen molar-refractivity contribution >= 4 is 17.7 Å². The number of hydrogen-bond acceptors (Lipinski definition) is 8. The molecule has 0 unspecified atom stereocenters. The summed E-state index contributed by atoms with van der Waals surface area (Å²) in [5, 5.41) is 10.7. The Labute approximate surface area is 149 Å². The number of methoxy groups -OCH3 is 1. The first kappa shape index (κ1) is 17.6. The van der Waals surface area contributed by atoms with Gasteiger partial charge in [-0.25, -0.2) is 0 Å². The fourth-order valence-corrected chi connectivity index (χ4v) is 2.88. The zero-order valence-electron chi connectivity index (χ0n) is 13.9. The van der Waals surface area contributed by atoms with E-state index in [-0.39, 0.29) is 17.8 Å². The average Bonchev–Trinajstić information content (AvgIpc) is 3.10. The molecule has 0 radical (unpaired) electrons. The standard InChI is InChI=1S/C16H19N3O5S/c1-10(14(20)17-7-8-21-2)25-16-19-18-15(24-16)13-9-22-11-5-3-4-6-12(11)23-13/h3-6,10,13H,7-9H2,1-2H3,(H,17,20)/t10-,13-/m0/s1. The van der Waals surface area contributed by atoms with Crippen LogP contribution in [0.15, 0.2) is 33.9 Å². The van der Waals surface area contributed by atoms with Gasteiger partial charge in [-0.15, -0.1) is 10.2 Å². The molecule has 0 bridgehead atoms. The van der Waals surface area contributed by atoms with Gasteiger partial charge in [0.2, 0.25) is 12.0 Å².